The van der Waals surface area contributed by atoms with Crippen molar-refractivity contribution in [2.75, 3.05) is 67.0 Å². The highest BCUT2D eigenvalue weighted by Gasteiger charge is 2.53. The van der Waals surface area contributed by atoms with E-state index in [4.69, 9.17) is 11.5 Å². The largest absolute Gasteiger partial charge is 0.361 e. The standard InChI is InChI=1S/C58H85N13O10/c1-35(2)28-40(33-72)63-52(57(80)68-24-23-67(8)54(77)48(68)50(76)46(61-6)29-36(3)4)70-27-26-69(47(55(70)78)49(75)43(60)19-14-15-21-59)58(81)53(64-41(34-73)31-39-32-62-44-20-13-12-18-42(39)44)71-25-22-66(7)51(56(71)79)65-45(37(5)74)30-38-16-10-9-11-17-38/h9-13,16-18,20,32-36,40-41,43,45-48,51-53,61-65H,14-15,19,21-31,59-60H2,1-8H3/t40-,41-,43-,45-,46-,47?,48-,51+,52?,53?/m0/s1. The van der Waals surface area contributed by atoms with Crippen LogP contribution in [0.1, 0.15) is 77.8 Å². The number of nitrogens with one attached hydrogen (secondary N) is 5. The number of H-pyrrole nitrogens is 1. The Balaban J connectivity index is 1.44. The summed E-state index contributed by atoms with van der Waals surface area (Å²) in [6.07, 6.45) is 0.0981. The van der Waals surface area contributed by atoms with E-state index in [0.717, 1.165) is 36.7 Å². The molecule has 6 rings (SSSR count). The van der Waals surface area contributed by atoms with Crippen LogP contribution >= 0.6 is 0 Å². The quantitative estimate of drug-likeness (QED) is 0.0253. The lowest BCUT2D eigenvalue weighted by molar-refractivity contribution is -0.169. The van der Waals surface area contributed by atoms with Gasteiger partial charge in [0.15, 0.2) is 36.0 Å². The fourth-order valence-electron chi connectivity index (χ4n) is 11.1. The lowest BCUT2D eigenvalue weighted by Crippen LogP contribution is -2.75. The minimum absolute atomic E-state index is 0.0219. The zero-order valence-electron chi connectivity index (χ0n) is 48.2. The maximum Gasteiger partial charge on any atom is 0.261 e. The van der Waals surface area contributed by atoms with Gasteiger partial charge < -0.3 is 55.9 Å². The number of hydrogen-bond acceptors (Lipinski definition) is 17. The summed E-state index contributed by atoms with van der Waals surface area (Å²) in [5.74, 6) is -5.94. The molecule has 4 heterocycles. The van der Waals surface area contributed by atoms with Gasteiger partial charge >= 0.3 is 0 Å². The Bertz CT molecular complexity index is 2700. The summed E-state index contributed by atoms with van der Waals surface area (Å²) in [4.78, 5) is 156. The van der Waals surface area contributed by atoms with Crippen LogP contribution in [0.2, 0.25) is 0 Å². The number of para-hydroxylation sites is 1. The number of nitrogens with zero attached hydrogens (tertiary/aromatic N) is 6. The van der Waals surface area contributed by atoms with Gasteiger partial charge in [-0.3, -0.25) is 59.2 Å². The molecule has 3 saturated heterocycles. The minimum Gasteiger partial charge on any atom is -0.361 e. The number of aldehydes is 2. The number of unbranched alkanes of at least 4 members (excludes halogenated alkanes) is 1. The van der Waals surface area contributed by atoms with E-state index >= 15 is 24.0 Å². The van der Waals surface area contributed by atoms with Crippen LogP contribution < -0.4 is 32.7 Å². The molecule has 3 fully saturated rings. The lowest BCUT2D eigenvalue weighted by atomic mass is 9.93. The molecule has 5 amide bonds. The van der Waals surface area contributed by atoms with E-state index in [1.54, 1.807) is 25.2 Å². The predicted molar refractivity (Wildman–Crippen MR) is 304 cm³/mol. The molecule has 3 aliphatic heterocycles. The van der Waals surface area contributed by atoms with Crippen LogP contribution in [-0.4, -0.2) is 222 Å². The van der Waals surface area contributed by atoms with Crippen molar-refractivity contribution in [3.05, 3.63) is 71.9 Å². The minimum atomic E-state index is -2.03. The van der Waals surface area contributed by atoms with Crippen molar-refractivity contribution in [1.29, 1.82) is 0 Å². The van der Waals surface area contributed by atoms with Gasteiger partial charge in [-0.15, -0.1) is 0 Å². The zero-order valence-corrected chi connectivity index (χ0v) is 48.2. The number of carbonyl (C=O) groups excluding carboxylic acids is 10. The van der Waals surface area contributed by atoms with E-state index in [1.807, 2.05) is 82.3 Å². The van der Waals surface area contributed by atoms with Crippen LogP contribution in [0.4, 0.5) is 0 Å². The summed E-state index contributed by atoms with van der Waals surface area (Å²) in [7, 11) is 4.81. The number of aromatic nitrogens is 1. The molecular formula is C58H85N13O10. The first-order valence-corrected chi connectivity index (χ1v) is 28.3. The normalized spacial score (nSPS) is 21.0. The number of carbonyl (C=O) groups is 10. The summed E-state index contributed by atoms with van der Waals surface area (Å²) in [6.45, 7) is 8.41. The molecule has 0 radical (unpaired) electrons. The third kappa shape index (κ3) is 15.5. The summed E-state index contributed by atoms with van der Waals surface area (Å²) in [5, 5.41) is 13.2. The number of rotatable bonds is 30. The first-order chi connectivity index (χ1) is 38.6. The number of aromatic amines is 1. The van der Waals surface area contributed by atoms with Gasteiger partial charge in [0.05, 0.1) is 30.2 Å². The van der Waals surface area contributed by atoms with E-state index in [0.29, 0.717) is 31.8 Å². The molecule has 23 nitrogen and oxygen atoms in total. The van der Waals surface area contributed by atoms with Gasteiger partial charge in [-0.05, 0) is 95.1 Å². The van der Waals surface area contributed by atoms with E-state index < -0.39 is 115 Å². The zero-order chi connectivity index (χ0) is 59.2. The van der Waals surface area contributed by atoms with Crippen LogP contribution in [0.5, 0.6) is 0 Å². The molecule has 3 unspecified atom stereocenters. The monoisotopic (exact) mass is 1120 g/mol. The Morgan fingerprint density at radius 2 is 1.27 bits per heavy atom. The number of nitrogens with two attached hydrogens (primary N) is 2. The number of benzene rings is 2. The van der Waals surface area contributed by atoms with Crippen LogP contribution in [0, 0.1) is 11.8 Å². The van der Waals surface area contributed by atoms with Crippen molar-refractivity contribution in [2.45, 2.75) is 140 Å². The highest BCUT2D eigenvalue weighted by Crippen LogP contribution is 2.26. The van der Waals surface area contributed by atoms with Crippen LogP contribution in [-0.2, 0) is 60.8 Å². The number of likely N-dealkylation sites (N-methyl/N-ethyl adjacent to an activating group) is 3. The maximum absolute atomic E-state index is 15.9. The molecule has 9 N–H and O–H groups in total. The number of fused-ring (bicyclic) bond motifs is 1. The van der Waals surface area contributed by atoms with Crippen LogP contribution in [0.3, 0.4) is 0 Å². The average molecular weight is 1120 g/mol. The van der Waals surface area contributed by atoms with Crippen molar-refractivity contribution in [2.24, 2.45) is 23.3 Å². The number of Topliss-reactive ketones (excluding diaryl/α,β-unsaturated/α-hetero) is 3. The first kappa shape index (κ1) is 63.6. The third-order valence-electron chi connectivity index (χ3n) is 15.6. The van der Waals surface area contributed by atoms with E-state index in [2.05, 4.69) is 26.3 Å². The fraction of sp³-hybridized carbons (Fsp3) is 0.586. The summed E-state index contributed by atoms with van der Waals surface area (Å²) >= 11 is 0. The van der Waals surface area contributed by atoms with Crippen LogP contribution in [0.25, 0.3) is 10.9 Å². The van der Waals surface area contributed by atoms with E-state index in [1.165, 1.54) is 23.8 Å². The molecule has 10 atom stereocenters. The number of amides is 5. The van der Waals surface area contributed by atoms with Gasteiger partial charge in [0.2, 0.25) is 0 Å². The van der Waals surface area contributed by atoms with Gasteiger partial charge in [-0.25, -0.2) is 0 Å². The summed E-state index contributed by atoms with van der Waals surface area (Å²) < 4.78 is 0. The van der Waals surface area contributed by atoms with Gasteiger partial charge in [0.1, 0.15) is 24.5 Å². The highest BCUT2D eigenvalue weighted by atomic mass is 16.2. The Labute approximate surface area is 474 Å². The molecule has 0 bridgehead atoms. The fourth-order valence-corrected chi connectivity index (χ4v) is 11.1. The van der Waals surface area contributed by atoms with Crippen molar-refractivity contribution < 1.29 is 47.9 Å². The molecule has 3 aromatic rings. The molecule has 0 aliphatic carbocycles. The number of hydrogen-bond donors (Lipinski definition) is 7. The molecule has 442 valence electrons. The van der Waals surface area contributed by atoms with Gasteiger partial charge in [-0.1, -0.05) is 82.6 Å². The summed E-state index contributed by atoms with van der Waals surface area (Å²) in [6, 6.07) is 7.88. The van der Waals surface area contributed by atoms with Gasteiger partial charge in [-0.2, -0.15) is 0 Å². The predicted octanol–water partition coefficient (Wildman–Crippen LogP) is -0.450. The molecule has 3 aliphatic rings. The summed E-state index contributed by atoms with van der Waals surface area (Å²) in [5.41, 5.74) is 14.8. The SMILES string of the molecule is CN[C@@H](CC(C)C)C(=O)[C@H]1C(=O)N(C)CCN1C(=O)C(N[C@H](C=O)CC(C)C)N1CCN(C(=O)C(N[C@H](C=O)Cc2c[nH]c3ccccc23)N2CCN(C)[C@@H](N[C@@H](Cc3ccccc3)C(C)=O)C2=O)C(C(=O)[C@@H](N)CCCCN)C1=O. The van der Waals surface area contributed by atoms with Crippen LogP contribution in [0.15, 0.2) is 60.8 Å². The van der Waals surface area contributed by atoms with Crippen molar-refractivity contribution >= 4 is 70.4 Å². The molecule has 81 heavy (non-hydrogen) atoms. The van der Waals surface area contributed by atoms with Gasteiger partial charge in [0.25, 0.3) is 29.5 Å². The third-order valence-corrected chi connectivity index (χ3v) is 15.6. The number of piperazine rings is 3. The molecule has 0 saturated carbocycles. The highest BCUT2D eigenvalue weighted by molar-refractivity contribution is 6.13. The smallest absolute Gasteiger partial charge is 0.261 e. The molecule has 2 aromatic carbocycles. The Morgan fingerprint density at radius 3 is 1.88 bits per heavy atom. The molecule has 0 spiro atoms. The van der Waals surface area contributed by atoms with E-state index in [-0.39, 0.29) is 76.0 Å². The Morgan fingerprint density at radius 1 is 0.691 bits per heavy atom. The first-order valence-electron chi connectivity index (χ1n) is 28.3. The maximum atomic E-state index is 15.9. The Hall–Kier alpha value is -6.60. The second-order valence-corrected chi connectivity index (χ2v) is 22.6. The second-order valence-electron chi connectivity index (χ2n) is 22.6. The van der Waals surface area contributed by atoms with Crippen molar-refractivity contribution in [1.82, 2.24) is 55.7 Å². The van der Waals surface area contributed by atoms with Crippen molar-refractivity contribution in [3.8, 4) is 0 Å². The molecule has 1 aromatic heterocycles. The van der Waals surface area contributed by atoms with Crippen molar-refractivity contribution in [3.63, 3.8) is 0 Å². The van der Waals surface area contributed by atoms with Gasteiger partial charge in [0, 0.05) is 63.4 Å². The topological polar surface area (TPSA) is 306 Å². The molecule has 23 heteroatoms. The average Bonchev–Trinajstić information content (AvgIpc) is 4.00. The lowest BCUT2D eigenvalue weighted by Gasteiger charge is -2.48. The number of ketones is 3. The Kier molecular flexibility index (Phi) is 23.1. The van der Waals surface area contributed by atoms with E-state index in [9.17, 15) is 24.0 Å². The second kappa shape index (κ2) is 29.4. The molecular weight excluding hydrogens is 1040 g/mol.